The Kier molecular flexibility index (Phi) is 10.4. The van der Waals surface area contributed by atoms with Gasteiger partial charge in [0.2, 0.25) is 5.71 Å². The van der Waals surface area contributed by atoms with Crippen molar-refractivity contribution in [2.45, 2.75) is 105 Å². The average molecular weight is 454 g/mol. The van der Waals surface area contributed by atoms with E-state index >= 15 is 0 Å². The third-order valence-corrected chi connectivity index (χ3v) is 6.54. The van der Waals surface area contributed by atoms with Gasteiger partial charge in [-0.15, -0.1) is 0 Å². The highest BCUT2D eigenvalue weighted by molar-refractivity contribution is 6.10. The second kappa shape index (κ2) is 13.5. The van der Waals surface area contributed by atoms with E-state index in [4.69, 9.17) is 18.9 Å². The fourth-order valence-corrected chi connectivity index (χ4v) is 4.40. The van der Waals surface area contributed by atoms with Crippen molar-refractivity contribution in [2.24, 2.45) is 0 Å². The molecule has 0 amide bonds. The standard InChI is InChI=1S/C29H43NO3/c1-5-7-9-11-13-15-20-31-24-18-17-19-25-26(24)27-28(22(3)23(4)30-29(27)33-25)32-21-16-14-12-10-8-6-2/h17-19H,5-16,20-21H2,1-4H3. The summed E-state index contributed by atoms with van der Waals surface area (Å²) in [5.41, 5.74) is 3.49. The van der Waals surface area contributed by atoms with Gasteiger partial charge < -0.3 is 13.9 Å². The summed E-state index contributed by atoms with van der Waals surface area (Å²) in [6.45, 7) is 10.1. The van der Waals surface area contributed by atoms with E-state index in [2.05, 4.69) is 20.8 Å². The first-order chi connectivity index (χ1) is 16.2. The number of hydrogen-bond donors (Lipinski definition) is 0. The molecular weight excluding hydrogens is 410 g/mol. The zero-order valence-corrected chi connectivity index (χ0v) is 21.3. The van der Waals surface area contributed by atoms with Gasteiger partial charge >= 0.3 is 0 Å². The topological polar surface area (TPSA) is 44.5 Å². The maximum atomic E-state index is 6.38. The van der Waals surface area contributed by atoms with Crippen molar-refractivity contribution in [1.82, 2.24) is 4.98 Å². The van der Waals surface area contributed by atoms with E-state index in [1.54, 1.807) is 0 Å². The summed E-state index contributed by atoms with van der Waals surface area (Å²) in [6.07, 6.45) is 15.0. The first-order valence-electron chi connectivity index (χ1n) is 13.2. The lowest BCUT2D eigenvalue weighted by Crippen LogP contribution is -2.02. The molecule has 0 unspecified atom stereocenters. The SMILES string of the molecule is CCCCCCCCOc1cccc2oc3nc(C)c(C)c(OCCCCCCCC)c3c12. The van der Waals surface area contributed by atoms with Crippen molar-refractivity contribution in [3.05, 3.63) is 29.5 Å². The number of nitrogens with zero attached hydrogens (tertiary/aromatic N) is 1. The van der Waals surface area contributed by atoms with E-state index in [0.717, 1.165) is 65.2 Å². The molecule has 0 bridgehead atoms. The van der Waals surface area contributed by atoms with Crippen molar-refractivity contribution in [2.75, 3.05) is 13.2 Å². The molecule has 3 rings (SSSR count). The number of hydrogen-bond acceptors (Lipinski definition) is 4. The fraction of sp³-hybridized carbons (Fsp3) is 0.621. The molecule has 0 N–H and O–H groups in total. The smallest absolute Gasteiger partial charge is 0.231 e. The number of ether oxygens (including phenoxy) is 2. The highest BCUT2D eigenvalue weighted by atomic mass is 16.5. The van der Waals surface area contributed by atoms with Crippen molar-refractivity contribution >= 4 is 22.1 Å². The van der Waals surface area contributed by atoms with E-state index in [-0.39, 0.29) is 0 Å². The van der Waals surface area contributed by atoms with Gasteiger partial charge in [0.05, 0.1) is 24.0 Å². The first kappa shape index (κ1) is 25.4. The van der Waals surface area contributed by atoms with Crippen LogP contribution in [0.4, 0.5) is 0 Å². The molecule has 182 valence electrons. The van der Waals surface area contributed by atoms with Crippen LogP contribution in [0.15, 0.2) is 22.6 Å². The van der Waals surface area contributed by atoms with Crippen molar-refractivity contribution < 1.29 is 13.9 Å². The molecule has 0 aliphatic rings. The minimum Gasteiger partial charge on any atom is -0.493 e. The zero-order valence-electron chi connectivity index (χ0n) is 21.3. The molecule has 4 nitrogen and oxygen atoms in total. The van der Waals surface area contributed by atoms with Gasteiger partial charge in [0.1, 0.15) is 17.1 Å². The first-order valence-corrected chi connectivity index (χ1v) is 13.2. The number of aryl methyl sites for hydroxylation is 1. The largest absolute Gasteiger partial charge is 0.493 e. The third kappa shape index (κ3) is 6.88. The van der Waals surface area contributed by atoms with E-state index in [1.807, 2.05) is 25.1 Å². The van der Waals surface area contributed by atoms with Crippen LogP contribution >= 0.6 is 0 Å². The Morgan fingerprint density at radius 1 is 0.727 bits per heavy atom. The van der Waals surface area contributed by atoms with Gasteiger partial charge in [-0.05, 0) is 38.8 Å². The second-order valence-electron chi connectivity index (χ2n) is 9.30. The summed E-state index contributed by atoms with van der Waals surface area (Å²) in [6, 6.07) is 6.04. The molecular formula is C29H43NO3. The zero-order chi connectivity index (χ0) is 23.5. The van der Waals surface area contributed by atoms with E-state index in [9.17, 15) is 0 Å². The van der Waals surface area contributed by atoms with Crippen molar-refractivity contribution in [3.63, 3.8) is 0 Å². The van der Waals surface area contributed by atoms with Crippen LogP contribution in [0.5, 0.6) is 11.5 Å². The molecule has 0 fully saturated rings. The highest BCUT2D eigenvalue weighted by Gasteiger charge is 2.20. The maximum Gasteiger partial charge on any atom is 0.231 e. The van der Waals surface area contributed by atoms with Crippen LogP contribution in [-0.4, -0.2) is 18.2 Å². The number of aromatic nitrogens is 1. The Morgan fingerprint density at radius 3 is 2.00 bits per heavy atom. The Balaban J connectivity index is 1.75. The van der Waals surface area contributed by atoms with Gasteiger partial charge in [-0.1, -0.05) is 84.1 Å². The van der Waals surface area contributed by atoms with Crippen LogP contribution < -0.4 is 9.47 Å². The summed E-state index contributed by atoms with van der Waals surface area (Å²) in [5.74, 6) is 1.77. The average Bonchev–Trinajstić information content (AvgIpc) is 3.18. The van der Waals surface area contributed by atoms with Gasteiger partial charge in [0.15, 0.2) is 0 Å². The van der Waals surface area contributed by atoms with Crippen molar-refractivity contribution in [1.29, 1.82) is 0 Å². The van der Waals surface area contributed by atoms with Crippen LogP contribution in [0.25, 0.3) is 22.1 Å². The van der Waals surface area contributed by atoms with E-state index in [1.165, 1.54) is 64.2 Å². The molecule has 3 aromatic rings. The predicted octanol–water partition coefficient (Wildman–Crippen LogP) is 9.08. The van der Waals surface area contributed by atoms with Gasteiger partial charge in [-0.3, -0.25) is 0 Å². The molecule has 4 heteroatoms. The Labute approximate surface area is 200 Å². The lowest BCUT2D eigenvalue weighted by molar-refractivity contribution is 0.304. The fourth-order valence-electron chi connectivity index (χ4n) is 4.40. The summed E-state index contributed by atoms with van der Waals surface area (Å²) >= 11 is 0. The number of furan rings is 1. The van der Waals surface area contributed by atoms with Crippen LogP contribution in [0.3, 0.4) is 0 Å². The molecule has 0 spiro atoms. The molecule has 0 saturated carbocycles. The van der Waals surface area contributed by atoms with E-state index < -0.39 is 0 Å². The number of rotatable bonds is 16. The third-order valence-electron chi connectivity index (χ3n) is 6.54. The van der Waals surface area contributed by atoms with Crippen LogP contribution in [0.1, 0.15) is 102 Å². The number of benzene rings is 1. The summed E-state index contributed by atoms with van der Waals surface area (Å²) in [5, 5.41) is 1.95. The molecule has 2 heterocycles. The normalized spacial score (nSPS) is 11.5. The predicted molar refractivity (Wildman–Crippen MR) is 139 cm³/mol. The quantitative estimate of drug-likeness (QED) is 0.203. The van der Waals surface area contributed by atoms with E-state index in [0.29, 0.717) is 5.71 Å². The molecule has 33 heavy (non-hydrogen) atoms. The minimum atomic E-state index is 0.640. The number of unbranched alkanes of at least 4 members (excludes halogenated alkanes) is 10. The molecule has 1 aromatic carbocycles. The van der Waals surface area contributed by atoms with Crippen LogP contribution in [0, 0.1) is 13.8 Å². The van der Waals surface area contributed by atoms with Crippen LogP contribution in [0.2, 0.25) is 0 Å². The summed E-state index contributed by atoms with van der Waals surface area (Å²) < 4.78 is 18.8. The molecule has 0 aliphatic heterocycles. The van der Waals surface area contributed by atoms with Gasteiger partial charge in [-0.2, -0.15) is 0 Å². The molecule has 0 atom stereocenters. The Bertz CT molecular complexity index is 992. The van der Waals surface area contributed by atoms with Crippen molar-refractivity contribution in [3.8, 4) is 11.5 Å². The van der Waals surface area contributed by atoms with Gasteiger partial charge in [0.25, 0.3) is 0 Å². The maximum absolute atomic E-state index is 6.38. The number of fused-ring (bicyclic) bond motifs is 3. The Hall–Kier alpha value is -2.23. The number of pyridine rings is 1. The molecule has 2 aromatic heterocycles. The van der Waals surface area contributed by atoms with Gasteiger partial charge in [-0.25, -0.2) is 4.98 Å². The molecule has 0 saturated heterocycles. The van der Waals surface area contributed by atoms with Gasteiger partial charge in [0, 0.05) is 11.3 Å². The summed E-state index contributed by atoms with van der Waals surface area (Å²) in [7, 11) is 0. The Morgan fingerprint density at radius 2 is 1.33 bits per heavy atom. The lowest BCUT2D eigenvalue weighted by Gasteiger charge is -2.13. The second-order valence-corrected chi connectivity index (χ2v) is 9.30. The molecule has 0 aliphatic carbocycles. The van der Waals surface area contributed by atoms with Crippen LogP contribution in [-0.2, 0) is 0 Å². The molecule has 0 radical (unpaired) electrons. The lowest BCUT2D eigenvalue weighted by atomic mass is 10.1. The minimum absolute atomic E-state index is 0.640. The highest BCUT2D eigenvalue weighted by Crippen LogP contribution is 2.42. The monoisotopic (exact) mass is 453 g/mol. The summed E-state index contributed by atoms with van der Waals surface area (Å²) in [4.78, 5) is 4.73.